The SMILES string of the molecule is CCC(CO)NC(=O)C(=O)Nc1ccc2ccccc2c1. The fraction of sp³-hybridized carbons (Fsp3) is 0.250. The highest BCUT2D eigenvalue weighted by atomic mass is 16.3. The van der Waals surface area contributed by atoms with Gasteiger partial charge in [-0.2, -0.15) is 0 Å². The third-order valence-corrected chi connectivity index (χ3v) is 3.26. The standard InChI is InChI=1S/C16H18N2O3/c1-2-13(10-19)17-15(20)16(21)18-14-8-7-11-5-3-4-6-12(11)9-14/h3-9,13,19H,2,10H2,1H3,(H,17,20)(H,18,21). The van der Waals surface area contributed by atoms with E-state index in [2.05, 4.69) is 10.6 Å². The molecule has 0 heterocycles. The van der Waals surface area contributed by atoms with E-state index < -0.39 is 17.9 Å². The normalized spacial score (nSPS) is 11.9. The Morgan fingerprint density at radius 3 is 2.48 bits per heavy atom. The monoisotopic (exact) mass is 286 g/mol. The molecular weight excluding hydrogens is 268 g/mol. The zero-order chi connectivity index (χ0) is 15.2. The molecule has 2 rings (SSSR count). The second-order valence-corrected chi connectivity index (χ2v) is 4.78. The van der Waals surface area contributed by atoms with Crippen LogP contribution in [-0.4, -0.2) is 29.6 Å². The number of carbonyl (C=O) groups is 2. The number of aliphatic hydroxyl groups is 1. The molecule has 0 aliphatic rings. The van der Waals surface area contributed by atoms with Crippen LogP contribution in [0.4, 0.5) is 5.69 Å². The number of rotatable bonds is 4. The summed E-state index contributed by atoms with van der Waals surface area (Å²) >= 11 is 0. The number of amides is 2. The lowest BCUT2D eigenvalue weighted by molar-refractivity contribution is -0.136. The number of anilines is 1. The fourth-order valence-electron chi connectivity index (χ4n) is 1.98. The summed E-state index contributed by atoms with van der Waals surface area (Å²) in [5.74, 6) is -1.48. The van der Waals surface area contributed by atoms with E-state index in [1.165, 1.54) is 0 Å². The molecule has 0 aromatic heterocycles. The summed E-state index contributed by atoms with van der Waals surface area (Å²) in [4.78, 5) is 23.5. The number of benzene rings is 2. The molecule has 0 spiro atoms. The molecule has 0 bridgehead atoms. The first-order chi connectivity index (χ1) is 10.1. The lowest BCUT2D eigenvalue weighted by Crippen LogP contribution is -2.43. The molecule has 0 aliphatic heterocycles. The quantitative estimate of drug-likeness (QED) is 0.748. The van der Waals surface area contributed by atoms with Gasteiger partial charge < -0.3 is 15.7 Å². The van der Waals surface area contributed by atoms with Crippen molar-refractivity contribution in [2.24, 2.45) is 0 Å². The van der Waals surface area contributed by atoms with Crippen molar-refractivity contribution in [3.05, 3.63) is 42.5 Å². The number of fused-ring (bicyclic) bond motifs is 1. The first-order valence-corrected chi connectivity index (χ1v) is 6.85. The van der Waals surface area contributed by atoms with Crippen molar-refractivity contribution in [1.29, 1.82) is 0 Å². The van der Waals surface area contributed by atoms with Crippen LogP contribution in [0.3, 0.4) is 0 Å². The van der Waals surface area contributed by atoms with Crippen LogP contribution in [0.2, 0.25) is 0 Å². The summed E-state index contributed by atoms with van der Waals surface area (Å²) in [6.45, 7) is 1.63. The van der Waals surface area contributed by atoms with Gasteiger partial charge in [0.1, 0.15) is 0 Å². The zero-order valence-corrected chi connectivity index (χ0v) is 11.8. The molecule has 2 amide bonds. The van der Waals surface area contributed by atoms with E-state index in [4.69, 9.17) is 5.11 Å². The summed E-state index contributed by atoms with van der Waals surface area (Å²) in [6, 6.07) is 12.8. The lowest BCUT2D eigenvalue weighted by Gasteiger charge is -2.13. The van der Waals surface area contributed by atoms with Gasteiger partial charge in [-0.05, 0) is 29.3 Å². The zero-order valence-electron chi connectivity index (χ0n) is 11.8. The number of nitrogens with one attached hydrogen (secondary N) is 2. The van der Waals surface area contributed by atoms with Crippen LogP contribution in [0.25, 0.3) is 10.8 Å². The van der Waals surface area contributed by atoms with Crippen LogP contribution in [-0.2, 0) is 9.59 Å². The Balaban J connectivity index is 2.05. The minimum Gasteiger partial charge on any atom is -0.394 e. The van der Waals surface area contributed by atoms with Crippen LogP contribution < -0.4 is 10.6 Å². The van der Waals surface area contributed by atoms with E-state index in [0.29, 0.717) is 12.1 Å². The molecule has 0 saturated heterocycles. The number of hydrogen-bond donors (Lipinski definition) is 3. The van der Waals surface area contributed by atoms with E-state index in [-0.39, 0.29) is 6.61 Å². The Morgan fingerprint density at radius 1 is 1.10 bits per heavy atom. The van der Waals surface area contributed by atoms with Gasteiger partial charge in [0.05, 0.1) is 12.6 Å². The number of aliphatic hydroxyl groups excluding tert-OH is 1. The molecular formula is C16H18N2O3. The molecule has 2 aromatic rings. The van der Waals surface area contributed by atoms with Crippen molar-refractivity contribution >= 4 is 28.3 Å². The van der Waals surface area contributed by atoms with Crippen molar-refractivity contribution in [2.75, 3.05) is 11.9 Å². The summed E-state index contributed by atoms with van der Waals surface area (Å²) in [7, 11) is 0. The molecule has 0 fully saturated rings. The molecule has 2 aromatic carbocycles. The van der Waals surface area contributed by atoms with Gasteiger partial charge in [-0.3, -0.25) is 9.59 Å². The second-order valence-electron chi connectivity index (χ2n) is 4.78. The predicted octanol–water partition coefficient (Wildman–Crippen LogP) is 1.67. The Morgan fingerprint density at radius 2 is 1.81 bits per heavy atom. The molecule has 0 radical (unpaired) electrons. The Hall–Kier alpha value is -2.40. The van der Waals surface area contributed by atoms with Crippen molar-refractivity contribution < 1.29 is 14.7 Å². The van der Waals surface area contributed by atoms with Crippen LogP contribution in [0.15, 0.2) is 42.5 Å². The fourth-order valence-corrected chi connectivity index (χ4v) is 1.98. The van der Waals surface area contributed by atoms with Crippen LogP contribution in [0, 0.1) is 0 Å². The smallest absolute Gasteiger partial charge is 0.313 e. The van der Waals surface area contributed by atoms with Crippen LogP contribution in [0.5, 0.6) is 0 Å². The van der Waals surface area contributed by atoms with E-state index in [1.807, 2.05) is 43.3 Å². The molecule has 21 heavy (non-hydrogen) atoms. The van der Waals surface area contributed by atoms with E-state index >= 15 is 0 Å². The van der Waals surface area contributed by atoms with Crippen LogP contribution >= 0.6 is 0 Å². The molecule has 1 atom stereocenters. The maximum Gasteiger partial charge on any atom is 0.313 e. The highest BCUT2D eigenvalue weighted by molar-refractivity contribution is 6.39. The third-order valence-electron chi connectivity index (χ3n) is 3.26. The molecule has 3 N–H and O–H groups in total. The van der Waals surface area contributed by atoms with Gasteiger partial charge >= 0.3 is 11.8 Å². The van der Waals surface area contributed by atoms with E-state index in [9.17, 15) is 9.59 Å². The van der Waals surface area contributed by atoms with Gasteiger partial charge in [0.15, 0.2) is 0 Å². The molecule has 110 valence electrons. The summed E-state index contributed by atoms with van der Waals surface area (Å²) < 4.78 is 0. The minimum atomic E-state index is -0.746. The van der Waals surface area contributed by atoms with Crippen molar-refractivity contribution in [3.8, 4) is 0 Å². The topological polar surface area (TPSA) is 78.4 Å². The first kappa shape index (κ1) is 15.0. The van der Waals surface area contributed by atoms with Gasteiger partial charge in [-0.25, -0.2) is 0 Å². The molecule has 5 nitrogen and oxygen atoms in total. The summed E-state index contributed by atoms with van der Waals surface area (Å²) in [6.07, 6.45) is 0.561. The molecule has 5 heteroatoms. The predicted molar refractivity (Wildman–Crippen MR) is 81.9 cm³/mol. The molecule has 1 unspecified atom stereocenters. The average Bonchev–Trinajstić information content (AvgIpc) is 2.52. The van der Waals surface area contributed by atoms with E-state index in [0.717, 1.165) is 10.8 Å². The van der Waals surface area contributed by atoms with Crippen molar-refractivity contribution in [3.63, 3.8) is 0 Å². The third kappa shape index (κ3) is 3.79. The van der Waals surface area contributed by atoms with Gasteiger partial charge in [-0.15, -0.1) is 0 Å². The van der Waals surface area contributed by atoms with Gasteiger partial charge in [0.2, 0.25) is 0 Å². The Kier molecular flexibility index (Phi) is 4.90. The van der Waals surface area contributed by atoms with Crippen molar-refractivity contribution in [1.82, 2.24) is 5.32 Å². The summed E-state index contributed by atoms with van der Waals surface area (Å²) in [5, 5.41) is 16.1. The lowest BCUT2D eigenvalue weighted by atomic mass is 10.1. The largest absolute Gasteiger partial charge is 0.394 e. The van der Waals surface area contributed by atoms with E-state index in [1.54, 1.807) is 6.07 Å². The van der Waals surface area contributed by atoms with Crippen LogP contribution in [0.1, 0.15) is 13.3 Å². The Bertz CT molecular complexity index is 651. The van der Waals surface area contributed by atoms with Gasteiger partial charge in [0.25, 0.3) is 0 Å². The van der Waals surface area contributed by atoms with Gasteiger partial charge in [0, 0.05) is 5.69 Å². The second kappa shape index (κ2) is 6.85. The number of hydrogen-bond acceptors (Lipinski definition) is 3. The molecule has 0 aliphatic carbocycles. The summed E-state index contributed by atoms with van der Waals surface area (Å²) in [5.41, 5.74) is 0.561. The van der Waals surface area contributed by atoms with Crippen molar-refractivity contribution in [2.45, 2.75) is 19.4 Å². The maximum atomic E-state index is 11.8. The highest BCUT2D eigenvalue weighted by Gasteiger charge is 2.17. The first-order valence-electron chi connectivity index (χ1n) is 6.85. The number of carbonyl (C=O) groups excluding carboxylic acids is 2. The highest BCUT2D eigenvalue weighted by Crippen LogP contribution is 2.18. The maximum absolute atomic E-state index is 11.8. The average molecular weight is 286 g/mol. The minimum absolute atomic E-state index is 0.189. The Labute approximate surface area is 123 Å². The van der Waals surface area contributed by atoms with Gasteiger partial charge in [-0.1, -0.05) is 37.3 Å². The molecule has 0 saturated carbocycles.